The number of piperidine rings is 1. The minimum Gasteiger partial charge on any atom is -0.477 e. The van der Waals surface area contributed by atoms with Crippen molar-refractivity contribution < 1.29 is 19.4 Å². The van der Waals surface area contributed by atoms with Crippen molar-refractivity contribution in [2.75, 3.05) is 18.8 Å². The Morgan fingerprint density at radius 2 is 2.07 bits per heavy atom. The standard InChI is InChI=1S/C20H20BrN5O4/c21-16-15-17(22)23-9-14(19(27)28)26(15)18(24-16)13-7-4-8-25(10-13)20(29)30-11-12-5-2-1-3-6-12/h1-3,5-6,9,13H,4,7-8,10-11H2,(H2,22,23)(H,27,28). The Morgan fingerprint density at radius 1 is 1.30 bits per heavy atom. The molecule has 3 aromatic rings. The monoisotopic (exact) mass is 473 g/mol. The molecule has 3 heterocycles. The number of aromatic carboxylic acids is 1. The number of halogens is 1. The highest BCUT2D eigenvalue weighted by Crippen LogP contribution is 2.32. The topological polar surface area (TPSA) is 123 Å². The summed E-state index contributed by atoms with van der Waals surface area (Å²) >= 11 is 3.36. The first kappa shape index (κ1) is 20.1. The van der Waals surface area contributed by atoms with Crippen LogP contribution in [0.5, 0.6) is 0 Å². The molecule has 1 aromatic carbocycles. The average molecular weight is 474 g/mol. The van der Waals surface area contributed by atoms with Gasteiger partial charge in [0.25, 0.3) is 0 Å². The lowest BCUT2D eigenvalue weighted by Gasteiger charge is -2.31. The van der Waals surface area contributed by atoms with Crippen LogP contribution in [0.25, 0.3) is 5.52 Å². The van der Waals surface area contributed by atoms with Crippen LogP contribution in [-0.4, -0.2) is 49.5 Å². The van der Waals surface area contributed by atoms with E-state index in [2.05, 4.69) is 25.9 Å². The molecule has 0 radical (unpaired) electrons. The number of hydrogen-bond acceptors (Lipinski definition) is 6. The average Bonchev–Trinajstić information content (AvgIpc) is 3.11. The third kappa shape index (κ3) is 3.82. The summed E-state index contributed by atoms with van der Waals surface area (Å²) in [6.07, 6.45) is 2.33. The van der Waals surface area contributed by atoms with Crippen LogP contribution in [0.4, 0.5) is 10.6 Å². The molecule has 1 unspecified atom stereocenters. The number of rotatable bonds is 4. The summed E-state index contributed by atoms with van der Waals surface area (Å²) in [4.78, 5) is 34.4. The van der Waals surface area contributed by atoms with Crippen molar-refractivity contribution in [3.63, 3.8) is 0 Å². The first-order valence-electron chi connectivity index (χ1n) is 9.47. The molecular weight excluding hydrogens is 454 g/mol. The van der Waals surface area contributed by atoms with Gasteiger partial charge in [-0.3, -0.25) is 4.40 Å². The molecule has 0 saturated carbocycles. The van der Waals surface area contributed by atoms with E-state index >= 15 is 0 Å². The number of imidazole rings is 1. The molecule has 1 amide bonds. The second-order valence-corrected chi connectivity index (χ2v) is 7.86. The summed E-state index contributed by atoms with van der Waals surface area (Å²) < 4.78 is 7.39. The molecule has 1 saturated heterocycles. The second-order valence-electron chi connectivity index (χ2n) is 7.10. The third-order valence-electron chi connectivity index (χ3n) is 5.14. The Kier molecular flexibility index (Phi) is 5.58. The highest BCUT2D eigenvalue weighted by atomic mass is 79.9. The summed E-state index contributed by atoms with van der Waals surface area (Å²) in [5, 5.41) is 9.59. The maximum Gasteiger partial charge on any atom is 0.410 e. The predicted molar refractivity (Wildman–Crippen MR) is 112 cm³/mol. The van der Waals surface area contributed by atoms with E-state index < -0.39 is 12.1 Å². The van der Waals surface area contributed by atoms with Crippen LogP contribution in [0, 0.1) is 0 Å². The van der Waals surface area contributed by atoms with E-state index in [1.807, 2.05) is 30.3 Å². The lowest BCUT2D eigenvalue weighted by Crippen LogP contribution is -2.40. The van der Waals surface area contributed by atoms with Crippen LogP contribution in [0.1, 0.15) is 40.6 Å². The second kappa shape index (κ2) is 8.31. The number of hydrogen-bond donors (Lipinski definition) is 2. The SMILES string of the molecule is Nc1ncc(C(=O)O)n2c(C3CCCN(C(=O)OCc4ccccc4)C3)nc(Br)c12. The van der Waals surface area contributed by atoms with Gasteiger partial charge in [0.1, 0.15) is 22.6 Å². The van der Waals surface area contributed by atoms with Gasteiger partial charge in [-0.2, -0.15) is 0 Å². The van der Waals surface area contributed by atoms with E-state index in [0.717, 1.165) is 18.4 Å². The number of aromatic nitrogens is 3. The van der Waals surface area contributed by atoms with Crippen LogP contribution >= 0.6 is 15.9 Å². The lowest BCUT2D eigenvalue weighted by molar-refractivity contribution is 0.0685. The van der Waals surface area contributed by atoms with E-state index in [-0.39, 0.29) is 24.0 Å². The number of likely N-dealkylation sites (tertiary alicyclic amines) is 1. The summed E-state index contributed by atoms with van der Waals surface area (Å²) in [7, 11) is 0. The number of nitrogens with zero attached hydrogens (tertiary/aromatic N) is 4. The van der Waals surface area contributed by atoms with Crippen molar-refractivity contribution in [1.29, 1.82) is 0 Å². The Balaban J connectivity index is 1.57. The number of fused-ring (bicyclic) bond motifs is 1. The van der Waals surface area contributed by atoms with Crippen molar-refractivity contribution in [3.05, 3.63) is 58.2 Å². The number of carboxylic acids is 1. The number of nitrogen functional groups attached to an aromatic ring is 1. The molecule has 4 rings (SSSR count). The number of carbonyl (C=O) groups excluding carboxylic acids is 1. The molecule has 3 N–H and O–H groups in total. The Labute approximate surface area is 180 Å². The van der Waals surface area contributed by atoms with E-state index in [9.17, 15) is 14.7 Å². The minimum atomic E-state index is -1.13. The lowest BCUT2D eigenvalue weighted by atomic mass is 9.97. The fourth-order valence-electron chi connectivity index (χ4n) is 3.71. The van der Waals surface area contributed by atoms with Gasteiger partial charge in [0, 0.05) is 19.0 Å². The molecule has 1 fully saturated rings. The largest absolute Gasteiger partial charge is 0.477 e. The minimum absolute atomic E-state index is 0.0313. The van der Waals surface area contributed by atoms with Crippen LogP contribution in [0.2, 0.25) is 0 Å². The van der Waals surface area contributed by atoms with Crippen molar-refractivity contribution in [3.8, 4) is 0 Å². The summed E-state index contributed by atoms with van der Waals surface area (Å²) in [6.45, 7) is 1.15. The highest BCUT2D eigenvalue weighted by Gasteiger charge is 2.31. The number of anilines is 1. The molecule has 0 aliphatic carbocycles. The summed E-state index contributed by atoms with van der Waals surface area (Å²) in [6, 6.07) is 9.48. The number of ether oxygens (including phenoxy) is 1. The first-order chi connectivity index (χ1) is 14.5. The van der Waals surface area contributed by atoms with Gasteiger partial charge in [-0.15, -0.1) is 0 Å². The van der Waals surface area contributed by atoms with Crippen molar-refractivity contribution in [2.24, 2.45) is 0 Å². The maximum absolute atomic E-state index is 12.6. The van der Waals surface area contributed by atoms with E-state index in [4.69, 9.17) is 10.5 Å². The van der Waals surface area contributed by atoms with Gasteiger partial charge in [0.2, 0.25) is 0 Å². The maximum atomic E-state index is 12.6. The van der Waals surface area contributed by atoms with Crippen LogP contribution < -0.4 is 5.73 Å². The van der Waals surface area contributed by atoms with Gasteiger partial charge >= 0.3 is 12.1 Å². The number of nitrogens with two attached hydrogens (primary N) is 1. The van der Waals surface area contributed by atoms with Crippen LogP contribution in [-0.2, 0) is 11.3 Å². The molecule has 10 heteroatoms. The molecule has 1 aliphatic heterocycles. The molecule has 1 atom stereocenters. The normalized spacial score (nSPS) is 16.6. The molecular formula is C20H20BrN5O4. The molecule has 1 aliphatic rings. The number of amides is 1. The van der Waals surface area contributed by atoms with Crippen LogP contribution in [0.3, 0.4) is 0 Å². The molecule has 9 nitrogen and oxygen atoms in total. The summed E-state index contributed by atoms with van der Waals surface area (Å²) in [5.41, 5.74) is 7.25. The van der Waals surface area contributed by atoms with E-state index in [1.54, 1.807) is 4.90 Å². The molecule has 2 aromatic heterocycles. The Morgan fingerprint density at radius 3 is 2.80 bits per heavy atom. The number of benzene rings is 1. The van der Waals surface area contributed by atoms with Gasteiger partial charge < -0.3 is 20.5 Å². The number of carboxylic acid groups (broad SMARTS) is 1. The molecule has 30 heavy (non-hydrogen) atoms. The fraction of sp³-hybridized carbons (Fsp3) is 0.300. The highest BCUT2D eigenvalue weighted by molar-refractivity contribution is 9.10. The molecule has 156 valence electrons. The fourth-order valence-corrected chi connectivity index (χ4v) is 4.28. The molecule has 0 spiro atoms. The third-order valence-corrected chi connectivity index (χ3v) is 5.69. The zero-order valence-corrected chi connectivity index (χ0v) is 17.6. The van der Waals surface area contributed by atoms with Crippen LogP contribution in [0.15, 0.2) is 41.1 Å². The van der Waals surface area contributed by atoms with E-state index in [1.165, 1.54) is 10.6 Å². The van der Waals surface area contributed by atoms with Gasteiger partial charge in [0.05, 0.1) is 6.20 Å². The van der Waals surface area contributed by atoms with Crippen molar-refractivity contribution >= 4 is 39.3 Å². The first-order valence-corrected chi connectivity index (χ1v) is 10.3. The van der Waals surface area contributed by atoms with Crippen molar-refractivity contribution in [2.45, 2.75) is 25.4 Å². The smallest absolute Gasteiger partial charge is 0.410 e. The molecule has 0 bridgehead atoms. The number of carbonyl (C=O) groups is 2. The summed E-state index contributed by atoms with van der Waals surface area (Å²) in [5.74, 6) is -0.584. The quantitative estimate of drug-likeness (QED) is 0.595. The van der Waals surface area contributed by atoms with Gasteiger partial charge in [0.15, 0.2) is 11.5 Å². The van der Waals surface area contributed by atoms with Crippen molar-refractivity contribution in [1.82, 2.24) is 19.3 Å². The Hall–Kier alpha value is -3.14. The zero-order chi connectivity index (χ0) is 21.3. The zero-order valence-electron chi connectivity index (χ0n) is 16.0. The predicted octanol–water partition coefficient (Wildman–Crippen LogP) is 3.29. The van der Waals surface area contributed by atoms with Gasteiger partial charge in [-0.25, -0.2) is 19.6 Å². The van der Waals surface area contributed by atoms with Gasteiger partial charge in [-0.05, 0) is 34.3 Å². The Bertz CT molecular complexity index is 1100. The van der Waals surface area contributed by atoms with Gasteiger partial charge in [-0.1, -0.05) is 30.3 Å². The van der Waals surface area contributed by atoms with E-state index in [0.29, 0.717) is 29.0 Å².